The molecule has 0 aliphatic heterocycles. The number of aromatic nitrogens is 2. The van der Waals surface area contributed by atoms with E-state index in [1.54, 1.807) is 36.7 Å². The number of aliphatic imine (C=N–C) groups is 1. The van der Waals surface area contributed by atoms with E-state index in [0.717, 1.165) is 16.3 Å². The maximum absolute atomic E-state index is 13.0. The lowest BCUT2D eigenvalue weighted by molar-refractivity contribution is 0.460. The Kier molecular flexibility index (Phi) is 8.77. The number of hydrogen-bond donors (Lipinski definition) is 2. The molecular weight excluding hydrogens is 504 g/mol. The van der Waals surface area contributed by atoms with Crippen LogP contribution in [0.15, 0.2) is 47.6 Å². The van der Waals surface area contributed by atoms with Gasteiger partial charge in [0, 0.05) is 30.7 Å². The van der Waals surface area contributed by atoms with Gasteiger partial charge in [0.2, 0.25) is 5.88 Å². The zero-order valence-corrected chi connectivity index (χ0v) is 19.5. The number of ether oxygens (including phenoxy) is 1. The lowest BCUT2D eigenvalue weighted by Gasteiger charge is -2.11. The van der Waals surface area contributed by atoms with E-state index < -0.39 is 0 Å². The summed E-state index contributed by atoms with van der Waals surface area (Å²) in [7, 11) is 1.73. The molecule has 2 heterocycles. The molecule has 0 bridgehead atoms. The van der Waals surface area contributed by atoms with Crippen LogP contribution in [0.2, 0.25) is 0 Å². The van der Waals surface area contributed by atoms with E-state index in [1.807, 2.05) is 19.1 Å². The SMILES string of the molecule is CN=C(NCc1ccnc(Oc2ccc(F)cc2)c1)NCc1nc(C)c(C)s1.I. The second-order valence-electron chi connectivity index (χ2n) is 6.09. The van der Waals surface area contributed by atoms with Crippen LogP contribution < -0.4 is 15.4 Å². The molecule has 0 saturated carbocycles. The van der Waals surface area contributed by atoms with Crippen LogP contribution >= 0.6 is 35.3 Å². The predicted octanol–water partition coefficient (Wildman–Crippen LogP) is 4.57. The van der Waals surface area contributed by atoms with Crippen molar-refractivity contribution in [2.45, 2.75) is 26.9 Å². The Balaban J connectivity index is 0.00000300. The van der Waals surface area contributed by atoms with Gasteiger partial charge in [0.1, 0.15) is 16.6 Å². The number of halogens is 2. The second kappa shape index (κ2) is 11.1. The number of nitrogens with zero attached hydrogens (tertiary/aromatic N) is 3. The van der Waals surface area contributed by atoms with E-state index in [4.69, 9.17) is 4.74 Å². The molecule has 3 aromatic rings. The number of hydrogen-bond acceptors (Lipinski definition) is 5. The Morgan fingerprint density at radius 2 is 1.86 bits per heavy atom. The third-order valence-corrected chi connectivity index (χ3v) is 5.07. The molecule has 0 aliphatic carbocycles. The second-order valence-corrected chi connectivity index (χ2v) is 7.37. The predicted molar refractivity (Wildman–Crippen MR) is 125 cm³/mol. The van der Waals surface area contributed by atoms with Crippen LogP contribution in [0.5, 0.6) is 11.6 Å². The first-order valence-electron chi connectivity index (χ1n) is 8.79. The first-order valence-corrected chi connectivity index (χ1v) is 9.61. The normalized spacial score (nSPS) is 11.0. The summed E-state index contributed by atoms with van der Waals surface area (Å²) in [5.41, 5.74) is 2.05. The van der Waals surface area contributed by atoms with Crippen LogP contribution in [-0.4, -0.2) is 23.0 Å². The Morgan fingerprint density at radius 1 is 1.14 bits per heavy atom. The average molecular weight is 527 g/mol. The minimum atomic E-state index is -0.305. The van der Waals surface area contributed by atoms with Gasteiger partial charge in [0.05, 0.1) is 12.2 Å². The molecule has 2 aromatic heterocycles. The van der Waals surface area contributed by atoms with E-state index in [9.17, 15) is 4.39 Å². The molecule has 6 nitrogen and oxygen atoms in total. The van der Waals surface area contributed by atoms with Crippen LogP contribution in [0.3, 0.4) is 0 Å². The van der Waals surface area contributed by atoms with Gasteiger partial charge in [0.15, 0.2) is 5.96 Å². The van der Waals surface area contributed by atoms with Crippen molar-refractivity contribution in [3.63, 3.8) is 0 Å². The summed E-state index contributed by atoms with van der Waals surface area (Å²) < 4.78 is 18.7. The maximum atomic E-state index is 13.0. The van der Waals surface area contributed by atoms with Crippen LogP contribution in [0.4, 0.5) is 4.39 Å². The number of guanidine groups is 1. The quantitative estimate of drug-likeness (QED) is 0.279. The Hall–Kier alpha value is -2.27. The smallest absolute Gasteiger partial charge is 0.219 e. The number of rotatable bonds is 6. The number of benzene rings is 1. The van der Waals surface area contributed by atoms with Gasteiger partial charge in [0.25, 0.3) is 0 Å². The highest BCUT2D eigenvalue weighted by atomic mass is 127. The van der Waals surface area contributed by atoms with Gasteiger partial charge in [-0.1, -0.05) is 0 Å². The molecule has 29 heavy (non-hydrogen) atoms. The zero-order chi connectivity index (χ0) is 19.9. The highest BCUT2D eigenvalue weighted by molar-refractivity contribution is 14.0. The summed E-state index contributed by atoms with van der Waals surface area (Å²) in [6, 6.07) is 9.55. The van der Waals surface area contributed by atoms with Gasteiger partial charge in [-0.2, -0.15) is 0 Å². The molecule has 0 amide bonds. The first kappa shape index (κ1) is 23.0. The minimum absolute atomic E-state index is 0. The molecule has 2 N–H and O–H groups in total. The largest absolute Gasteiger partial charge is 0.439 e. The molecule has 0 saturated heterocycles. The number of pyridine rings is 1. The van der Waals surface area contributed by atoms with Gasteiger partial charge in [-0.3, -0.25) is 4.99 Å². The van der Waals surface area contributed by atoms with Gasteiger partial charge >= 0.3 is 0 Å². The van der Waals surface area contributed by atoms with Crippen LogP contribution in [0, 0.1) is 19.7 Å². The number of nitrogens with one attached hydrogen (secondary N) is 2. The molecule has 154 valence electrons. The van der Waals surface area contributed by atoms with Crippen molar-refractivity contribution < 1.29 is 9.13 Å². The number of aryl methyl sites for hydroxylation is 2. The Bertz CT molecular complexity index is 942. The molecule has 0 unspecified atom stereocenters. The fourth-order valence-electron chi connectivity index (χ4n) is 2.42. The van der Waals surface area contributed by atoms with E-state index in [1.165, 1.54) is 17.0 Å². The Morgan fingerprint density at radius 3 is 2.52 bits per heavy atom. The third kappa shape index (κ3) is 6.93. The molecule has 0 fully saturated rings. The van der Waals surface area contributed by atoms with Crippen LogP contribution in [-0.2, 0) is 13.1 Å². The monoisotopic (exact) mass is 527 g/mol. The van der Waals surface area contributed by atoms with Gasteiger partial charge in [-0.05, 0) is 49.7 Å². The summed E-state index contributed by atoms with van der Waals surface area (Å²) in [6.45, 7) is 5.25. The summed E-state index contributed by atoms with van der Waals surface area (Å²) in [4.78, 5) is 14.2. The van der Waals surface area contributed by atoms with Crippen LogP contribution in [0.25, 0.3) is 0 Å². The van der Waals surface area contributed by atoms with Crippen molar-refractivity contribution in [2.75, 3.05) is 7.05 Å². The lowest BCUT2D eigenvalue weighted by Crippen LogP contribution is -2.36. The molecule has 3 rings (SSSR count). The fourth-order valence-corrected chi connectivity index (χ4v) is 3.29. The third-order valence-electron chi connectivity index (χ3n) is 4.00. The summed E-state index contributed by atoms with van der Waals surface area (Å²) in [6.07, 6.45) is 1.67. The fraction of sp³-hybridized carbons (Fsp3) is 0.250. The highest BCUT2D eigenvalue weighted by Crippen LogP contribution is 2.20. The van der Waals surface area contributed by atoms with Crippen molar-refractivity contribution in [1.29, 1.82) is 0 Å². The highest BCUT2D eigenvalue weighted by Gasteiger charge is 2.06. The standard InChI is InChI=1S/C20H22FN5OS.HI/c1-13-14(2)28-19(26-13)12-25-20(22-3)24-11-15-8-9-23-18(10-15)27-17-6-4-16(21)5-7-17;/h4-10H,11-12H2,1-3H3,(H2,22,24,25);1H. The van der Waals surface area contributed by atoms with E-state index in [-0.39, 0.29) is 29.8 Å². The van der Waals surface area contributed by atoms with Crippen LogP contribution in [0.1, 0.15) is 21.1 Å². The first-order chi connectivity index (χ1) is 13.5. The summed E-state index contributed by atoms with van der Waals surface area (Å²) >= 11 is 1.68. The summed E-state index contributed by atoms with van der Waals surface area (Å²) in [5.74, 6) is 1.36. The molecule has 0 aliphatic rings. The van der Waals surface area contributed by atoms with Crippen molar-refractivity contribution in [2.24, 2.45) is 4.99 Å². The number of thiazole rings is 1. The summed E-state index contributed by atoms with van der Waals surface area (Å²) in [5, 5.41) is 7.54. The van der Waals surface area contributed by atoms with E-state index in [2.05, 4.69) is 32.5 Å². The lowest BCUT2D eigenvalue weighted by atomic mass is 10.2. The van der Waals surface area contributed by atoms with E-state index >= 15 is 0 Å². The molecule has 0 atom stereocenters. The minimum Gasteiger partial charge on any atom is -0.439 e. The topological polar surface area (TPSA) is 71.4 Å². The zero-order valence-electron chi connectivity index (χ0n) is 16.4. The molecule has 9 heteroatoms. The van der Waals surface area contributed by atoms with Crippen molar-refractivity contribution >= 4 is 41.3 Å². The van der Waals surface area contributed by atoms with Gasteiger partial charge in [-0.25, -0.2) is 14.4 Å². The van der Waals surface area contributed by atoms with E-state index in [0.29, 0.717) is 30.7 Å². The molecule has 1 aromatic carbocycles. The van der Waals surface area contributed by atoms with Gasteiger partial charge in [-0.15, -0.1) is 35.3 Å². The van der Waals surface area contributed by atoms with Gasteiger partial charge < -0.3 is 15.4 Å². The molecule has 0 spiro atoms. The van der Waals surface area contributed by atoms with Crippen molar-refractivity contribution in [3.8, 4) is 11.6 Å². The Labute approximate surface area is 190 Å². The molecular formula is C20H23FIN5OS. The molecule has 0 radical (unpaired) electrons. The van der Waals surface area contributed by atoms with Crippen molar-refractivity contribution in [1.82, 2.24) is 20.6 Å². The van der Waals surface area contributed by atoms with Crippen molar-refractivity contribution in [3.05, 3.63) is 69.6 Å². The maximum Gasteiger partial charge on any atom is 0.219 e. The average Bonchev–Trinajstić information content (AvgIpc) is 3.02.